The second kappa shape index (κ2) is 4.59. The number of ether oxygens (including phenoxy) is 1. The lowest BCUT2D eigenvalue weighted by Gasteiger charge is -1.98. The standard InChI is InChI=1S/C12H11ClN2O2/c1-7-5-10(15-11(7)12(16)17-2)9-4-3-8(13)6-14-9/h3-6,15H,1-2H3. The molecule has 0 bridgehead atoms. The summed E-state index contributed by atoms with van der Waals surface area (Å²) >= 11 is 5.76. The summed E-state index contributed by atoms with van der Waals surface area (Å²) in [6, 6.07) is 5.38. The highest BCUT2D eigenvalue weighted by Crippen LogP contribution is 2.21. The van der Waals surface area contributed by atoms with E-state index in [0.29, 0.717) is 10.7 Å². The maximum Gasteiger partial charge on any atom is 0.354 e. The third kappa shape index (κ3) is 2.31. The van der Waals surface area contributed by atoms with E-state index in [2.05, 4.69) is 14.7 Å². The van der Waals surface area contributed by atoms with Crippen molar-refractivity contribution in [3.05, 3.63) is 40.7 Å². The van der Waals surface area contributed by atoms with Crippen LogP contribution in [0.1, 0.15) is 16.1 Å². The van der Waals surface area contributed by atoms with Gasteiger partial charge >= 0.3 is 5.97 Å². The Morgan fingerprint density at radius 1 is 1.47 bits per heavy atom. The molecule has 0 saturated heterocycles. The van der Waals surface area contributed by atoms with Crippen LogP contribution in [0.4, 0.5) is 0 Å². The van der Waals surface area contributed by atoms with E-state index in [4.69, 9.17) is 11.6 Å². The van der Waals surface area contributed by atoms with Gasteiger partial charge in [-0.1, -0.05) is 11.6 Å². The highest BCUT2D eigenvalue weighted by Gasteiger charge is 2.14. The van der Waals surface area contributed by atoms with Crippen LogP contribution in [0.5, 0.6) is 0 Å². The first-order valence-electron chi connectivity index (χ1n) is 5.01. The van der Waals surface area contributed by atoms with Crippen molar-refractivity contribution in [2.45, 2.75) is 6.92 Å². The first-order chi connectivity index (χ1) is 8.11. The zero-order valence-corrected chi connectivity index (χ0v) is 10.2. The third-order valence-electron chi connectivity index (χ3n) is 2.41. The Balaban J connectivity index is 2.41. The lowest BCUT2D eigenvalue weighted by atomic mass is 10.2. The number of halogens is 1. The number of nitrogens with one attached hydrogen (secondary N) is 1. The molecule has 88 valence electrons. The van der Waals surface area contributed by atoms with E-state index in [9.17, 15) is 4.79 Å². The number of aromatic amines is 1. The molecule has 0 amide bonds. The molecule has 2 aromatic rings. The Hall–Kier alpha value is -1.81. The van der Waals surface area contributed by atoms with Crippen LogP contribution in [0, 0.1) is 6.92 Å². The van der Waals surface area contributed by atoms with Gasteiger partial charge < -0.3 is 9.72 Å². The van der Waals surface area contributed by atoms with Crippen molar-refractivity contribution in [1.82, 2.24) is 9.97 Å². The van der Waals surface area contributed by atoms with Crippen molar-refractivity contribution in [1.29, 1.82) is 0 Å². The van der Waals surface area contributed by atoms with Crippen LogP contribution in [0.25, 0.3) is 11.4 Å². The quantitative estimate of drug-likeness (QED) is 0.834. The van der Waals surface area contributed by atoms with Gasteiger partial charge in [0.15, 0.2) is 0 Å². The topological polar surface area (TPSA) is 55.0 Å². The number of carbonyl (C=O) groups excluding carboxylic acids is 1. The van der Waals surface area contributed by atoms with Gasteiger partial charge in [0.05, 0.1) is 23.5 Å². The van der Waals surface area contributed by atoms with E-state index in [1.165, 1.54) is 7.11 Å². The normalized spacial score (nSPS) is 10.3. The SMILES string of the molecule is COC(=O)c1[nH]c(-c2ccc(Cl)cn2)cc1C. The Morgan fingerprint density at radius 2 is 2.24 bits per heavy atom. The molecule has 0 atom stereocenters. The number of esters is 1. The van der Waals surface area contributed by atoms with Gasteiger partial charge in [-0.05, 0) is 30.7 Å². The number of rotatable bonds is 2. The first kappa shape index (κ1) is 11.7. The molecule has 0 aliphatic rings. The summed E-state index contributed by atoms with van der Waals surface area (Å²) in [6.45, 7) is 1.84. The molecular formula is C12H11ClN2O2. The summed E-state index contributed by atoms with van der Waals surface area (Å²) < 4.78 is 4.67. The number of hydrogen-bond acceptors (Lipinski definition) is 3. The number of hydrogen-bond donors (Lipinski definition) is 1. The molecule has 2 aromatic heterocycles. The molecule has 2 heterocycles. The molecule has 2 rings (SSSR count). The third-order valence-corrected chi connectivity index (χ3v) is 2.63. The van der Waals surface area contributed by atoms with Gasteiger partial charge in [-0.25, -0.2) is 4.79 Å². The number of nitrogens with zero attached hydrogens (tertiary/aromatic N) is 1. The minimum absolute atomic E-state index is 0.386. The molecule has 4 nitrogen and oxygen atoms in total. The molecule has 0 saturated carbocycles. The van der Waals surface area contributed by atoms with Gasteiger partial charge in [-0.3, -0.25) is 4.98 Å². The van der Waals surface area contributed by atoms with Gasteiger partial charge in [0, 0.05) is 6.20 Å². The molecule has 0 spiro atoms. The fourth-order valence-electron chi connectivity index (χ4n) is 1.55. The molecule has 1 N–H and O–H groups in total. The van der Waals surface area contributed by atoms with Gasteiger partial charge in [0.2, 0.25) is 0 Å². The number of aromatic nitrogens is 2. The van der Waals surface area contributed by atoms with Crippen LogP contribution in [-0.4, -0.2) is 23.0 Å². The monoisotopic (exact) mass is 250 g/mol. The van der Waals surface area contributed by atoms with Crippen molar-refractivity contribution in [3.8, 4) is 11.4 Å². The summed E-state index contributed by atoms with van der Waals surface area (Å²) in [5, 5.41) is 0.574. The van der Waals surface area contributed by atoms with Crippen LogP contribution in [0.2, 0.25) is 5.02 Å². The number of H-pyrrole nitrogens is 1. The smallest absolute Gasteiger partial charge is 0.354 e. The maximum atomic E-state index is 11.4. The second-order valence-corrected chi connectivity index (χ2v) is 4.03. The number of aryl methyl sites for hydroxylation is 1. The van der Waals surface area contributed by atoms with E-state index >= 15 is 0 Å². The minimum atomic E-state index is -0.386. The first-order valence-corrected chi connectivity index (χ1v) is 5.39. The van der Waals surface area contributed by atoms with Crippen molar-refractivity contribution < 1.29 is 9.53 Å². The number of methoxy groups -OCH3 is 1. The van der Waals surface area contributed by atoms with Crippen molar-refractivity contribution in [2.75, 3.05) is 7.11 Å². The van der Waals surface area contributed by atoms with E-state index < -0.39 is 0 Å². The fourth-order valence-corrected chi connectivity index (χ4v) is 1.66. The van der Waals surface area contributed by atoms with Crippen LogP contribution >= 0.6 is 11.6 Å². The largest absolute Gasteiger partial charge is 0.464 e. The molecule has 0 aromatic carbocycles. The van der Waals surface area contributed by atoms with E-state index in [1.807, 2.05) is 13.0 Å². The summed E-state index contributed by atoms with van der Waals surface area (Å²) in [4.78, 5) is 18.6. The van der Waals surface area contributed by atoms with E-state index in [0.717, 1.165) is 17.0 Å². The lowest BCUT2D eigenvalue weighted by Crippen LogP contribution is -2.03. The van der Waals surface area contributed by atoms with Gasteiger partial charge in [-0.15, -0.1) is 0 Å². The van der Waals surface area contributed by atoms with Gasteiger partial charge in [0.25, 0.3) is 0 Å². The summed E-state index contributed by atoms with van der Waals surface area (Å²) in [6.07, 6.45) is 1.56. The van der Waals surface area contributed by atoms with E-state index in [1.54, 1.807) is 18.3 Å². The average Bonchev–Trinajstić information content (AvgIpc) is 2.71. The van der Waals surface area contributed by atoms with Gasteiger partial charge in [-0.2, -0.15) is 0 Å². The highest BCUT2D eigenvalue weighted by molar-refractivity contribution is 6.30. The molecule has 0 aliphatic heterocycles. The summed E-state index contributed by atoms with van der Waals surface area (Å²) in [7, 11) is 1.35. The van der Waals surface area contributed by atoms with Crippen molar-refractivity contribution in [3.63, 3.8) is 0 Å². The molecule has 0 unspecified atom stereocenters. The van der Waals surface area contributed by atoms with E-state index in [-0.39, 0.29) is 5.97 Å². The Labute approximate surface area is 104 Å². The summed E-state index contributed by atoms with van der Waals surface area (Å²) in [5.41, 5.74) is 2.76. The maximum absolute atomic E-state index is 11.4. The predicted molar refractivity (Wildman–Crippen MR) is 65.1 cm³/mol. The lowest BCUT2D eigenvalue weighted by molar-refractivity contribution is 0.0594. The summed E-state index contributed by atoms with van der Waals surface area (Å²) in [5.74, 6) is -0.386. The van der Waals surface area contributed by atoms with Crippen LogP contribution in [0.15, 0.2) is 24.4 Å². The highest BCUT2D eigenvalue weighted by atomic mass is 35.5. The molecule has 17 heavy (non-hydrogen) atoms. The van der Waals surface area contributed by atoms with Gasteiger partial charge in [0.1, 0.15) is 5.69 Å². The molecule has 0 aliphatic carbocycles. The molecule has 5 heteroatoms. The Bertz CT molecular complexity index is 546. The number of carbonyl (C=O) groups is 1. The van der Waals surface area contributed by atoms with Crippen molar-refractivity contribution >= 4 is 17.6 Å². The molecular weight excluding hydrogens is 240 g/mol. The molecule has 0 fully saturated rings. The number of pyridine rings is 1. The van der Waals surface area contributed by atoms with Crippen molar-refractivity contribution in [2.24, 2.45) is 0 Å². The Kier molecular flexibility index (Phi) is 3.15. The second-order valence-electron chi connectivity index (χ2n) is 3.59. The fraction of sp³-hybridized carbons (Fsp3) is 0.167. The Morgan fingerprint density at radius 3 is 2.82 bits per heavy atom. The zero-order chi connectivity index (χ0) is 12.4. The predicted octanol–water partition coefficient (Wildman–Crippen LogP) is 2.83. The minimum Gasteiger partial charge on any atom is -0.464 e. The molecule has 0 radical (unpaired) electrons. The van der Waals surface area contributed by atoms with Crippen LogP contribution < -0.4 is 0 Å². The van der Waals surface area contributed by atoms with Crippen LogP contribution in [0.3, 0.4) is 0 Å². The zero-order valence-electron chi connectivity index (χ0n) is 9.45. The van der Waals surface area contributed by atoms with Crippen LogP contribution in [-0.2, 0) is 4.74 Å². The average molecular weight is 251 g/mol.